The lowest BCUT2D eigenvalue weighted by Gasteiger charge is -2.14. The number of esters is 1. The molecule has 0 heterocycles. The van der Waals surface area contributed by atoms with Crippen LogP contribution < -0.4 is 20.9 Å². The van der Waals surface area contributed by atoms with Gasteiger partial charge in [0.05, 0.1) is 22.7 Å². The molecule has 0 aliphatic heterocycles. The Morgan fingerprint density at radius 2 is 1.80 bits per heavy atom. The molecule has 1 unspecified atom stereocenters. The first kappa shape index (κ1) is 19.1. The number of ether oxygens (including phenoxy) is 2. The minimum atomic E-state index is -0.619. The monoisotopic (exact) mass is 382 g/mol. The zero-order chi connectivity index (χ0) is 18.6. The third-order valence-corrected chi connectivity index (χ3v) is 4.13. The average molecular weight is 383 g/mol. The average Bonchev–Trinajstić information content (AvgIpc) is 2.56. The fourth-order valence-corrected chi connectivity index (χ4v) is 2.41. The first-order valence-corrected chi connectivity index (χ1v) is 7.96. The van der Waals surface area contributed by atoms with Crippen LogP contribution in [0.5, 0.6) is 11.5 Å². The van der Waals surface area contributed by atoms with Crippen molar-refractivity contribution in [1.29, 1.82) is 0 Å². The molecule has 0 spiro atoms. The van der Waals surface area contributed by atoms with Gasteiger partial charge in [0.25, 0.3) is 0 Å². The van der Waals surface area contributed by atoms with Crippen molar-refractivity contribution in [3.05, 3.63) is 57.6 Å². The van der Waals surface area contributed by atoms with Crippen molar-refractivity contribution >= 4 is 35.1 Å². The van der Waals surface area contributed by atoms with Crippen molar-refractivity contribution in [2.24, 2.45) is 11.5 Å². The number of halogens is 2. The van der Waals surface area contributed by atoms with E-state index in [2.05, 4.69) is 0 Å². The predicted molar refractivity (Wildman–Crippen MR) is 95.2 cm³/mol. The van der Waals surface area contributed by atoms with E-state index in [1.165, 1.54) is 31.4 Å². The molecule has 0 fully saturated rings. The fraction of sp³-hybridized carbons (Fsp3) is 0.176. The smallest absolute Gasteiger partial charge is 0.343 e. The number of hydrogen-bond acceptors (Lipinski definition) is 5. The quantitative estimate of drug-likeness (QED) is 0.589. The molecule has 0 aliphatic rings. The summed E-state index contributed by atoms with van der Waals surface area (Å²) in [5, 5.41) is 0.583. The van der Waals surface area contributed by atoms with Gasteiger partial charge in [0, 0.05) is 12.5 Å². The highest BCUT2D eigenvalue weighted by atomic mass is 35.5. The second-order valence-corrected chi connectivity index (χ2v) is 6.02. The van der Waals surface area contributed by atoms with Crippen LogP contribution in [-0.4, -0.2) is 19.0 Å². The van der Waals surface area contributed by atoms with Crippen LogP contribution in [0.1, 0.15) is 28.4 Å². The number of benzene rings is 2. The van der Waals surface area contributed by atoms with Crippen LogP contribution in [-0.2, 0) is 4.79 Å². The summed E-state index contributed by atoms with van der Waals surface area (Å²) in [5.74, 6) is -0.632. The molecule has 0 aromatic heterocycles. The highest BCUT2D eigenvalue weighted by molar-refractivity contribution is 6.42. The van der Waals surface area contributed by atoms with E-state index in [0.717, 1.165) is 0 Å². The molecule has 1 atom stereocenters. The highest BCUT2D eigenvalue weighted by Crippen LogP contribution is 2.31. The standard InChI is InChI=1S/C17H16Cl2N2O4/c1-24-15-7-9(13(20)8-16(21)22)3-5-14(15)25-17(23)10-2-4-11(18)12(19)6-10/h2-7,13H,8,20H2,1H3,(H2,21,22). The summed E-state index contributed by atoms with van der Waals surface area (Å²) in [6.07, 6.45) is -0.00837. The first-order valence-electron chi connectivity index (χ1n) is 7.21. The number of hydrogen-bond donors (Lipinski definition) is 2. The van der Waals surface area contributed by atoms with Gasteiger partial charge >= 0.3 is 5.97 Å². The van der Waals surface area contributed by atoms with Crippen LogP contribution in [0.4, 0.5) is 0 Å². The fourth-order valence-electron chi connectivity index (χ4n) is 2.12. The molecular formula is C17H16Cl2N2O4. The normalized spacial score (nSPS) is 11.7. The zero-order valence-corrected chi connectivity index (χ0v) is 14.8. The Labute approximate surface area is 154 Å². The molecule has 6 nitrogen and oxygen atoms in total. The van der Waals surface area contributed by atoms with Gasteiger partial charge in [0.1, 0.15) is 0 Å². The number of methoxy groups -OCH3 is 1. The Morgan fingerprint density at radius 1 is 1.08 bits per heavy atom. The summed E-state index contributed by atoms with van der Waals surface area (Å²) in [7, 11) is 1.43. The van der Waals surface area contributed by atoms with Crippen molar-refractivity contribution in [3.63, 3.8) is 0 Å². The van der Waals surface area contributed by atoms with Crippen molar-refractivity contribution < 1.29 is 19.1 Å². The maximum absolute atomic E-state index is 12.2. The van der Waals surface area contributed by atoms with E-state index in [1.807, 2.05) is 0 Å². The minimum Gasteiger partial charge on any atom is -0.493 e. The van der Waals surface area contributed by atoms with Gasteiger partial charge in [-0.05, 0) is 35.9 Å². The summed E-state index contributed by atoms with van der Waals surface area (Å²) >= 11 is 11.7. The van der Waals surface area contributed by atoms with E-state index in [-0.39, 0.29) is 22.8 Å². The summed E-state index contributed by atoms with van der Waals surface area (Å²) in [4.78, 5) is 23.2. The van der Waals surface area contributed by atoms with Gasteiger partial charge in [0.15, 0.2) is 11.5 Å². The van der Waals surface area contributed by atoms with Gasteiger partial charge in [-0.25, -0.2) is 4.79 Å². The third kappa shape index (κ3) is 4.85. The molecule has 132 valence electrons. The van der Waals surface area contributed by atoms with E-state index >= 15 is 0 Å². The Bertz CT molecular complexity index is 811. The summed E-state index contributed by atoms with van der Waals surface area (Å²) in [6, 6.07) is 8.59. The Kier molecular flexibility index (Phi) is 6.25. The van der Waals surface area contributed by atoms with Crippen LogP contribution in [0.25, 0.3) is 0 Å². The van der Waals surface area contributed by atoms with Crippen LogP contribution in [0.3, 0.4) is 0 Å². The third-order valence-electron chi connectivity index (χ3n) is 3.39. The molecule has 0 radical (unpaired) electrons. The maximum Gasteiger partial charge on any atom is 0.343 e. The molecular weight excluding hydrogens is 367 g/mol. The van der Waals surface area contributed by atoms with Crippen molar-refractivity contribution in [3.8, 4) is 11.5 Å². The van der Waals surface area contributed by atoms with Crippen molar-refractivity contribution in [1.82, 2.24) is 0 Å². The van der Waals surface area contributed by atoms with Gasteiger partial charge < -0.3 is 20.9 Å². The van der Waals surface area contributed by atoms with Gasteiger partial charge in [-0.1, -0.05) is 29.3 Å². The van der Waals surface area contributed by atoms with E-state index in [9.17, 15) is 9.59 Å². The lowest BCUT2D eigenvalue weighted by Crippen LogP contribution is -2.20. The second-order valence-electron chi connectivity index (χ2n) is 5.21. The summed E-state index contributed by atoms with van der Waals surface area (Å²) in [6.45, 7) is 0. The number of nitrogens with two attached hydrogens (primary N) is 2. The topological polar surface area (TPSA) is 105 Å². The lowest BCUT2D eigenvalue weighted by molar-refractivity contribution is -0.118. The Hall–Kier alpha value is -2.28. The molecule has 2 rings (SSSR count). The van der Waals surface area contributed by atoms with Crippen LogP contribution >= 0.6 is 23.2 Å². The molecule has 4 N–H and O–H groups in total. The summed E-state index contributed by atoms with van der Waals surface area (Å²) in [5.41, 5.74) is 11.9. The molecule has 2 aromatic rings. The molecule has 1 amide bonds. The number of primary amides is 1. The number of rotatable bonds is 6. The number of carbonyl (C=O) groups excluding carboxylic acids is 2. The van der Waals surface area contributed by atoms with E-state index in [4.69, 9.17) is 44.1 Å². The molecule has 2 aromatic carbocycles. The molecule has 0 saturated heterocycles. The SMILES string of the molecule is COc1cc(C(N)CC(N)=O)ccc1OC(=O)c1ccc(Cl)c(Cl)c1. The van der Waals surface area contributed by atoms with Gasteiger partial charge in [-0.2, -0.15) is 0 Å². The number of amides is 1. The van der Waals surface area contributed by atoms with Crippen molar-refractivity contribution in [2.45, 2.75) is 12.5 Å². The highest BCUT2D eigenvalue weighted by Gasteiger charge is 2.16. The van der Waals surface area contributed by atoms with Crippen LogP contribution in [0.15, 0.2) is 36.4 Å². The molecule has 0 aliphatic carbocycles. The molecule has 25 heavy (non-hydrogen) atoms. The number of carbonyl (C=O) groups is 2. The molecule has 0 bridgehead atoms. The van der Waals surface area contributed by atoms with E-state index < -0.39 is 17.9 Å². The summed E-state index contributed by atoms with van der Waals surface area (Å²) < 4.78 is 10.6. The predicted octanol–water partition coefficient (Wildman–Crippen LogP) is 3.10. The van der Waals surface area contributed by atoms with Crippen molar-refractivity contribution in [2.75, 3.05) is 7.11 Å². The molecule has 8 heteroatoms. The van der Waals surface area contributed by atoms with Gasteiger partial charge in [-0.15, -0.1) is 0 Å². The Balaban J connectivity index is 2.22. The maximum atomic E-state index is 12.2. The van der Waals surface area contributed by atoms with Gasteiger partial charge in [-0.3, -0.25) is 4.79 Å². The van der Waals surface area contributed by atoms with Gasteiger partial charge in [0.2, 0.25) is 5.91 Å². The molecule has 0 saturated carbocycles. The van der Waals surface area contributed by atoms with Crippen LogP contribution in [0, 0.1) is 0 Å². The minimum absolute atomic E-state index is 0.00837. The lowest BCUT2D eigenvalue weighted by atomic mass is 10.0. The van der Waals surface area contributed by atoms with Crippen LogP contribution in [0.2, 0.25) is 10.0 Å². The van der Waals surface area contributed by atoms with E-state index in [1.54, 1.807) is 12.1 Å². The second kappa shape index (κ2) is 8.20. The van der Waals surface area contributed by atoms with E-state index in [0.29, 0.717) is 16.3 Å². The zero-order valence-electron chi connectivity index (χ0n) is 13.3. The first-order chi connectivity index (χ1) is 11.8. The Morgan fingerprint density at radius 3 is 2.40 bits per heavy atom. The largest absolute Gasteiger partial charge is 0.493 e.